The van der Waals surface area contributed by atoms with Crippen LogP contribution in [-0.4, -0.2) is 16.5 Å². The Morgan fingerprint density at radius 2 is 2.00 bits per heavy atom. The van der Waals surface area contributed by atoms with Crippen molar-refractivity contribution in [2.75, 3.05) is 17.3 Å². The minimum Gasteiger partial charge on any atom is -0.370 e. The first-order valence-corrected chi connectivity index (χ1v) is 7.89. The zero-order chi connectivity index (χ0) is 14.2. The molecule has 0 amide bonds. The first kappa shape index (κ1) is 15.0. The number of nitrogens with one attached hydrogen (secondary N) is 2. The van der Waals surface area contributed by atoms with Crippen molar-refractivity contribution in [1.82, 2.24) is 9.97 Å². The van der Waals surface area contributed by atoms with Gasteiger partial charge in [-0.3, -0.25) is 0 Å². The molecule has 0 unspecified atom stereocenters. The van der Waals surface area contributed by atoms with E-state index in [1.165, 1.54) is 38.5 Å². The fourth-order valence-electron chi connectivity index (χ4n) is 3.07. The number of rotatable bonds is 8. The van der Waals surface area contributed by atoms with Crippen LogP contribution in [0.1, 0.15) is 57.4 Å². The molecular formula is C15H27N5. The van der Waals surface area contributed by atoms with E-state index in [2.05, 4.69) is 27.6 Å². The molecular weight excluding hydrogens is 250 g/mol. The molecule has 1 fully saturated rings. The first-order chi connectivity index (χ1) is 9.85. The number of nitrogen functional groups attached to an aromatic ring is 1. The molecule has 1 aliphatic rings. The zero-order valence-corrected chi connectivity index (χ0v) is 12.5. The highest BCUT2D eigenvalue weighted by molar-refractivity contribution is 5.56. The second kappa shape index (κ2) is 8.04. The molecule has 112 valence electrons. The minimum atomic E-state index is 0.736. The highest BCUT2D eigenvalue weighted by atomic mass is 15.3. The Morgan fingerprint density at radius 1 is 1.25 bits per heavy atom. The van der Waals surface area contributed by atoms with Gasteiger partial charge < -0.3 is 10.7 Å². The number of nitrogens with zero attached hydrogens (tertiary/aromatic N) is 2. The summed E-state index contributed by atoms with van der Waals surface area (Å²) in [6.45, 7) is 3.13. The lowest BCUT2D eigenvalue weighted by atomic mass is 10.0. The molecule has 0 radical (unpaired) electrons. The van der Waals surface area contributed by atoms with Gasteiger partial charge in [0.05, 0.1) is 0 Å². The van der Waals surface area contributed by atoms with Gasteiger partial charge in [-0.1, -0.05) is 39.0 Å². The molecule has 1 aromatic heterocycles. The van der Waals surface area contributed by atoms with Crippen molar-refractivity contribution >= 4 is 11.6 Å². The predicted octanol–water partition coefficient (Wildman–Crippen LogP) is 3.10. The van der Waals surface area contributed by atoms with Crippen LogP contribution in [0.5, 0.6) is 0 Å². The number of hydrazine groups is 1. The lowest BCUT2D eigenvalue weighted by molar-refractivity contribution is 0.491. The number of hydrogen-bond acceptors (Lipinski definition) is 5. The van der Waals surface area contributed by atoms with Gasteiger partial charge >= 0.3 is 0 Å². The van der Waals surface area contributed by atoms with Crippen LogP contribution in [0.15, 0.2) is 6.33 Å². The van der Waals surface area contributed by atoms with Gasteiger partial charge in [-0.05, 0) is 25.2 Å². The van der Waals surface area contributed by atoms with Crippen LogP contribution in [0, 0.1) is 5.92 Å². The molecule has 5 heteroatoms. The van der Waals surface area contributed by atoms with E-state index in [4.69, 9.17) is 5.84 Å². The van der Waals surface area contributed by atoms with Crippen LogP contribution in [0.4, 0.5) is 11.6 Å². The Kier molecular flexibility index (Phi) is 6.05. The summed E-state index contributed by atoms with van der Waals surface area (Å²) in [4.78, 5) is 8.54. The molecule has 1 aromatic rings. The average Bonchev–Trinajstić information content (AvgIpc) is 2.98. The smallest absolute Gasteiger partial charge is 0.148 e. The van der Waals surface area contributed by atoms with Crippen molar-refractivity contribution in [1.29, 1.82) is 0 Å². The molecule has 1 saturated carbocycles. The van der Waals surface area contributed by atoms with Gasteiger partial charge in [0.1, 0.15) is 18.0 Å². The van der Waals surface area contributed by atoms with Crippen molar-refractivity contribution in [2.45, 2.75) is 58.3 Å². The molecule has 0 spiro atoms. The molecule has 4 N–H and O–H groups in total. The van der Waals surface area contributed by atoms with Crippen molar-refractivity contribution in [3.63, 3.8) is 0 Å². The number of anilines is 2. The quantitative estimate of drug-likeness (QED) is 0.387. The molecule has 2 rings (SSSR count). The Balaban J connectivity index is 1.84. The lowest BCUT2D eigenvalue weighted by Gasteiger charge is -2.14. The van der Waals surface area contributed by atoms with Gasteiger partial charge in [0.2, 0.25) is 0 Å². The topological polar surface area (TPSA) is 75.9 Å². The van der Waals surface area contributed by atoms with Gasteiger partial charge in [0.15, 0.2) is 0 Å². The summed E-state index contributed by atoms with van der Waals surface area (Å²) in [6.07, 6.45) is 11.8. The molecule has 1 heterocycles. The monoisotopic (exact) mass is 277 g/mol. The van der Waals surface area contributed by atoms with Crippen LogP contribution in [0.3, 0.4) is 0 Å². The van der Waals surface area contributed by atoms with Crippen LogP contribution in [-0.2, 0) is 6.42 Å². The maximum atomic E-state index is 5.52. The third-order valence-corrected chi connectivity index (χ3v) is 4.14. The summed E-state index contributed by atoms with van der Waals surface area (Å²) in [5, 5.41) is 3.45. The van der Waals surface area contributed by atoms with E-state index >= 15 is 0 Å². The molecule has 0 atom stereocenters. The number of hydrogen-bond donors (Lipinski definition) is 3. The summed E-state index contributed by atoms with van der Waals surface area (Å²) >= 11 is 0. The van der Waals surface area contributed by atoms with Gasteiger partial charge in [-0.2, -0.15) is 0 Å². The van der Waals surface area contributed by atoms with Crippen molar-refractivity contribution in [2.24, 2.45) is 11.8 Å². The van der Waals surface area contributed by atoms with E-state index in [-0.39, 0.29) is 0 Å². The maximum absolute atomic E-state index is 5.52. The standard InChI is InChI=1S/C15H27N5/c1-2-6-13-14(18-11-19-15(13)20-16)17-10-5-9-12-7-3-4-8-12/h11-12H,2-10,16H2,1H3,(H2,17,18,19,20). The third-order valence-electron chi connectivity index (χ3n) is 4.14. The first-order valence-electron chi connectivity index (χ1n) is 7.89. The highest BCUT2D eigenvalue weighted by Crippen LogP contribution is 2.28. The van der Waals surface area contributed by atoms with E-state index < -0.39 is 0 Å². The van der Waals surface area contributed by atoms with Crippen LogP contribution < -0.4 is 16.6 Å². The molecule has 20 heavy (non-hydrogen) atoms. The molecule has 1 aliphatic carbocycles. The van der Waals surface area contributed by atoms with E-state index in [1.807, 2.05) is 0 Å². The van der Waals surface area contributed by atoms with Crippen molar-refractivity contribution in [3.05, 3.63) is 11.9 Å². The average molecular weight is 277 g/mol. The van der Waals surface area contributed by atoms with E-state index in [0.717, 1.165) is 42.5 Å². The fraction of sp³-hybridized carbons (Fsp3) is 0.733. The largest absolute Gasteiger partial charge is 0.370 e. The third kappa shape index (κ3) is 4.07. The van der Waals surface area contributed by atoms with Crippen LogP contribution in [0.25, 0.3) is 0 Å². The van der Waals surface area contributed by atoms with Gasteiger partial charge in [0.25, 0.3) is 0 Å². The second-order valence-electron chi connectivity index (χ2n) is 5.66. The lowest BCUT2D eigenvalue weighted by Crippen LogP contribution is -2.15. The zero-order valence-electron chi connectivity index (χ0n) is 12.5. The Labute approximate surface area is 121 Å². The normalized spacial score (nSPS) is 15.5. The Morgan fingerprint density at radius 3 is 2.70 bits per heavy atom. The fourth-order valence-corrected chi connectivity index (χ4v) is 3.07. The minimum absolute atomic E-state index is 0.736. The maximum Gasteiger partial charge on any atom is 0.148 e. The van der Waals surface area contributed by atoms with Crippen molar-refractivity contribution < 1.29 is 0 Å². The van der Waals surface area contributed by atoms with E-state index in [1.54, 1.807) is 6.33 Å². The summed E-state index contributed by atoms with van der Waals surface area (Å²) in [7, 11) is 0. The summed E-state index contributed by atoms with van der Waals surface area (Å²) in [5.74, 6) is 8.14. The number of aromatic nitrogens is 2. The van der Waals surface area contributed by atoms with E-state index in [9.17, 15) is 0 Å². The molecule has 0 saturated heterocycles. The molecule has 0 bridgehead atoms. The SMILES string of the molecule is CCCc1c(NN)ncnc1NCCCC1CCCC1. The molecule has 0 aliphatic heterocycles. The van der Waals surface area contributed by atoms with Gasteiger partial charge in [-0.25, -0.2) is 15.8 Å². The Hall–Kier alpha value is -1.36. The molecule has 5 nitrogen and oxygen atoms in total. The summed E-state index contributed by atoms with van der Waals surface area (Å²) in [6, 6.07) is 0. The predicted molar refractivity (Wildman–Crippen MR) is 83.5 cm³/mol. The number of nitrogens with two attached hydrogens (primary N) is 1. The van der Waals surface area contributed by atoms with Crippen LogP contribution >= 0.6 is 0 Å². The summed E-state index contributed by atoms with van der Waals surface area (Å²) in [5.41, 5.74) is 3.76. The second-order valence-corrected chi connectivity index (χ2v) is 5.66. The highest BCUT2D eigenvalue weighted by Gasteiger charge is 2.14. The summed E-state index contributed by atoms with van der Waals surface area (Å²) < 4.78 is 0. The Bertz CT molecular complexity index is 401. The van der Waals surface area contributed by atoms with Crippen molar-refractivity contribution in [3.8, 4) is 0 Å². The van der Waals surface area contributed by atoms with Gasteiger partial charge in [0, 0.05) is 12.1 Å². The van der Waals surface area contributed by atoms with Crippen LogP contribution in [0.2, 0.25) is 0 Å². The van der Waals surface area contributed by atoms with E-state index in [0.29, 0.717) is 0 Å². The molecule has 0 aromatic carbocycles. The van der Waals surface area contributed by atoms with Gasteiger partial charge in [-0.15, -0.1) is 0 Å².